The number of carbonyl (C=O) groups is 3. The van der Waals surface area contributed by atoms with E-state index in [9.17, 15) is 14.4 Å². The predicted octanol–water partition coefficient (Wildman–Crippen LogP) is 1.48. The van der Waals surface area contributed by atoms with Gasteiger partial charge in [0, 0.05) is 11.3 Å². The number of nitrogens with one attached hydrogen (secondary N) is 2. The summed E-state index contributed by atoms with van der Waals surface area (Å²) in [6, 6.07) is 13.8. The van der Waals surface area contributed by atoms with Crippen molar-refractivity contribution >= 4 is 23.4 Å². The smallest absolute Gasteiger partial charge is 0.255 e. The molecule has 0 aliphatic carbocycles. The monoisotopic (exact) mass is 355 g/mol. The molecule has 0 aliphatic heterocycles. The number of carbonyl (C=O) groups excluding carboxylic acids is 3. The van der Waals surface area contributed by atoms with E-state index in [1.807, 2.05) is 31.2 Å². The average Bonchev–Trinajstić information content (AvgIpc) is 2.65. The lowest BCUT2D eigenvalue weighted by Crippen LogP contribution is -2.33. The molecule has 4 N–H and O–H groups in total. The van der Waals surface area contributed by atoms with Crippen LogP contribution in [-0.2, 0) is 16.0 Å². The summed E-state index contributed by atoms with van der Waals surface area (Å²) < 4.78 is 5.15. The minimum Gasteiger partial charge on any atom is -0.484 e. The Bertz CT molecular complexity index is 805. The second-order valence-electron chi connectivity index (χ2n) is 5.52. The number of nitrogens with two attached hydrogens (primary N) is 1. The molecule has 0 fully saturated rings. The summed E-state index contributed by atoms with van der Waals surface area (Å²) >= 11 is 0. The van der Waals surface area contributed by atoms with Gasteiger partial charge in [0.2, 0.25) is 5.91 Å². The number of hydrogen-bond donors (Lipinski definition) is 3. The summed E-state index contributed by atoms with van der Waals surface area (Å²) in [5.74, 6) is -1.00. The second kappa shape index (κ2) is 9.22. The highest BCUT2D eigenvalue weighted by molar-refractivity contribution is 5.99. The molecule has 2 rings (SSSR count). The van der Waals surface area contributed by atoms with Gasteiger partial charge < -0.3 is 21.1 Å². The highest BCUT2D eigenvalue weighted by Gasteiger charge is 2.10. The first-order chi connectivity index (χ1) is 12.5. The largest absolute Gasteiger partial charge is 0.484 e. The fraction of sp³-hybridized carbons (Fsp3) is 0.211. The lowest BCUT2D eigenvalue weighted by atomic mass is 10.1. The van der Waals surface area contributed by atoms with Crippen LogP contribution in [0.15, 0.2) is 48.5 Å². The van der Waals surface area contributed by atoms with Crippen molar-refractivity contribution in [1.29, 1.82) is 0 Å². The molecule has 0 heterocycles. The van der Waals surface area contributed by atoms with Crippen molar-refractivity contribution in [1.82, 2.24) is 5.32 Å². The van der Waals surface area contributed by atoms with Crippen molar-refractivity contribution in [2.75, 3.05) is 18.5 Å². The molecule has 2 aromatic carbocycles. The summed E-state index contributed by atoms with van der Waals surface area (Å²) in [6.45, 7) is 1.56. The van der Waals surface area contributed by atoms with Gasteiger partial charge in [-0.2, -0.15) is 0 Å². The molecule has 0 aromatic heterocycles. The summed E-state index contributed by atoms with van der Waals surface area (Å²) in [4.78, 5) is 35.0. The van der Waals surface area contributed by atoms with E-state index in [-0.39, 0.29) is 19.1 Å². The van der Waals surface area contributed by atoms with E-state index in [1.165, 1.54) is 6.07 Å². The number of aryl methyl sites for hydroxylation is 1. The minimum absolute atomic E-state index is 0.163. The number of benzene rings is 2. The molecular weight excluding hydrogens is 334 g/mol. The first-order valence-corrected chi connectivity index (χ1v) is 8.16. The van der Waals surface area contributed by atoms with Crippen LogP contribution in [0.2, 0.25) is 0 Å². The number of primary amides is 1. The van der Waals surface area contributed by atoms with Gasteiger partial charge in [-0.25, -0.2) is 0 Å². The van der Waals surface area contributed by atoms with E-state index in [1.54, 1.807) is 18.2 Å². The Labute approximate surface area is 151 Å². The van der Waals surface area contributed by atoms with Crippen molar-refractivity contribution in [2.24, 2.45) is 5.73 Å². The van der Waals surface area contributed by atoms with Crippen molar-refractivity contribution in [3.63, 3.8) is 0 Å². The van der Waals surface area contributed by atoms with E-state index >= 15 is 0 Å². The number of rotatable bonds is 8. The van der Waals surface area contributed by atoms with Gasteiger partial charge in [0.25, 0.3) is 11.8 Å². The Morgan fingerprint density at radius 1 is 1.08 bits per heavy atom. The zero-order valence-electron chi connectivity index (χ0n) is 14.5. The molecule has 3 amide bonds. The van der Waals surface area contributed by atoms with Crippen molar-refractivity contribution < 1.29 is 19.1 Å². The first-order valence-electron chi connectivity index (χ1n) is 8.16. The Kier molecular flexibility index (Phi) is 6.73. The van der Waals surface area contributed by atoms with Gasteiger partial charge in [0.05, 0.1) is 6.54 Å². The molecule has 0 spiro atoms. The zero-order chi connectivity index (χ0) is 18.9. The third-order valence-corrected chi connectivity index (χ3v) is 3.56. The molecule has 0 bridgehead atoms. The van der Waals surface area contributed by atoms with Gasteiger partial charge in [0.1, 0.15) is 5.75 Å². The fourth-order valence-corrected chi connectivity index (χ4v) is 2.29. The first kappa shape index (κ1) is 19.0. The number of para-hydroxylation sites is 1. The van der Waals surface area contributed by atoms with E-state index in [0.717, 1.165) is 17.7 Å². The molecule has 136 valence electrons. The fourth-order valence-electron chi connectivity index (χ4n) is 2.29. The molecule has 0 saturated heterocycles. The van der Waals surface area contributed by atoms with Crippen molar-refractivity contribution in [3.05, 3.63) is 59.7 Å². The number of anilines is 1. The highest BCUT2D eigenvalue weighted by atomic mass is 16.5. The highest BCUT2D eigenvalue weighted by Crippen LogP contribution is 2.15. The summed E-state index contributed by atoms with van der Waals surface area (Å²) in [7, 11) is 0. The predicted molar refractivity (Wildman–Crippen MR) is 97.9 cm³/mol. The average molecular weight is 355 g/mol. The SMILES string of the molecule is CCc1ccccc1NC(=O)CNC(=O)c1cccc(OCC(N)=O)c1. The molecule has 0 aliphatic rings. The van der Waals surface area contributed by atoms with Crippen LogP contribution < -0.4 is 21.1 Å². The van der Waals surface area contributed by atoms with Gasteiger partial charge in [-0.15, -0.1) is 0 Å². The summed E-state index contributed by atoms with van der Waals surface area (Å²) in [6.07, 6.45) is 0.793. The quantitative estimate of drug-likeness (QED) is 0.666. The van der Waals surface area contributed by atoms with Gasteiger partial charge in [-0.05, 0) is 36.2 Å². The molecular formula is C19H21N3O4. The molecule has 7 nitrogen and oxygen atoms in total. The minimum atomic E-state index is -0.608. The van der Waals surface area contributed by atoms with Gasteiger partial charge >= 0.3 is 0 Å². The maximum Gasteiger partial charge on any atom is 0.255 e. The Morgan fingerprint density at radius 2 is 1.85 bits per heavy atom. The van der Waals surface area contributed by atoms with Crippen LogP contribution in [-0.4, -0.2) is 30.9 Å². The Hall–Kier alpha value is -3.35. The lowest BCUT2D eigenvalue weighted by Gasteiger charge is -2.11. The molecule has 0 unspecified atom stereocenters. The van der Waals surface area contributed by atoms with Gasteiger partial charge in [0.15, 0.2) is 6.61 Å². The van der Waals surface area contributed by atoms with Gasteiger partial charge in [-0.1, -0.05) is 31.2 Å². The maximum atomic E-state index is 12.2. The summed E-state index contributed by atoms with van der Waals surface area (Å²) in [5, 5.41) is 5.33. The number of ether oxygens (including phenoxy) is 1. The van der Waals surface area contributed by atoms with Gasteiger partial charge in [-0.3, -0.25) is 14.4 Å². The lowest BCUT2D eigenvalue weighted by molar-refractivity contribution is -0.120. The maximum absolute atomic E-state index is 12.2. The molecule has 2 aromatic rings. The van der Waals surface area contributed by atoms with Crippen molar-refractivity contribution in [3.8, 4) is 5.75 Å². The topological polar surface area (TPSA) is 111 Å². The molecule has 7 heteroatoms. The standard InChI is InChI=1S/C19H21N3O4/c1-2-13-6-3-4-9-16(13)22-18(24)11-21-19(25)14-7-5-8-15(10-14)26-12-17(20)23/h3-10H,2,11-12H2,1H3,(H2,20,23)(H,21,25)(H,22,24). The molecule has 0 saturated carbocycles. The normalized spacial score (nSPS) is 10.0. The zero-order valence-corrected chi connectivity index (χ0v) is 14.5. The van der Waals surface area contributed by atoms with Crippen LogP contribution in [0.1, 0.15) is 22.8 Å². The van der Waals surface area contributed by atoms with E-state index < -0.39 is 11.8 Å². The van der Waals surface area contributed by atoms with E-state index in [4.69, 9.17) is 10.5 Å². The summed E-state index contributed by atoms with van der Waals surface area (Å²) in [5.41, 5.74) is 7.08. The second-order valence-corrected chi connectivity index (χ2v) is 5.52. The molecule has 26 heavy (non-hydrogen) atoms. The number of hydrogen-bond acceptors (Lipinski definition) is 4. The van der Waals surface area contributed by atoms with Crippen LogP contribution in [0.3, 0.4) is 0 Å². The third-order valence-electron chi connectivity index (χ3n) is 3.56. The molecule has 0 radical (unpaired) electrons. The Balaban J connectivity index is 1.90. The third kappa shape index (κ3) is 5.62. The van der Waals surface area contributed by atoms with Crippen LogP contribution in [0, 0.1) is 0 Å². The molecule has 0 atom stereocenters. The van der Waals surface area contributed by atoms with Crippen LogP contribution >= 0.6 is 0 Å². The van der Waals surface area contributed by atoms with E-state index in [0.29, 0.717) is 11.3 Å². The van der Waals surface area contributed by atoms with Crippen molar-refractivity contribution in [2.45, 2.75) is 13.3 Å². The Morgan fingerprint density at radius 3 is 2.58 bits per heavy atom. The number of amides is 3. The van der Waals surface area contributed by atoms with E-state index in [2.05, 4.69) is 10.6 Å². The van der Waals surface area contributed by atoms with Crippen LogP contribution in [0.5, 0.6) is 5.75 Å². The van der Waals surface area contributed by atoms with Crippen LogP contribution in [0.4, 0.5) is 5.69 Å². The van der Waals surface area contributed by atoms with Crippen LogP contribution in [0.25, 0.3) is 0 Å².